The maximum Gasteiger partial charge on any atom is 0.157 e. The summed E-state index contributed by atoms with van der Waals surface area (Å²) >= 11 is 0. The lowest BCUT2D eigenvalue weighted by molar-refractivity contribution is -0.927. The molecule has 1 aromatic carbocycles. The van der Waals surface area contributed by atoms with E-state index in [1.807, 2.05) is 19.1 Å². The second-order valence-electron chi connectivity index (χ2n) is 8.41. The molecule has 1 saturated carbocycles. The number of quaternary nitrogens is 1. The fraction of sp³-hybridized carbons (Fsp3) is 0.478. The Labute approximate surface area is 166 Å². The SMILES string of the molecule is Cc1cc(N2CC[NH+](C3CCCCC3)CC2)n2c(nc3ccccc32)c1C#N. The van der Waals surface area contributed by atoms with Crippen molar-refractivity contribution in [2.45, 2.75) is 45.1 Å². The summed E-state index contributed by atoms with van der Waals surface area (Å²) in [5.74, 6) is 1.18. The van der Waals surface area contributed by atoms with E-state index < -0.39 is 0 Å². The van der Waals surface area contributed by atoms with E-state index in [9.17, 15) is 5.26 Å². The molecule has 2 aliphatic rings. The number of aryl methyl sites for hydroxylation is 1. The molecule has 1 aliphatic carbocycles. The molecule has 1 aliphatic heterocycles. The van der Waals surface area contributed by atoms with Gasteiger partial charge in [0, 0.05) is 0 Å². The Morgan fingerprint density at radius 3 is 2.61 bits per heavy atom. The minimum Gasteiger partial charge on any atom is -0.346 e. The van der Waals surface area contributed by atoms with Crippen molar-refractivity contribution in [3.63, 3.8) is 0 Å². The molecule has 0 radical (unpaired) electrons. The van der Waals surface area contributed by atoms with Gasteiger partial charge < -0.3 is 9.80 Å². The number of nitrogens with one attached hydrogen (secondary N) is 1. The molecule has 3 heterocycles. The first-order chi connectivity index (χ1) is 13.8. The van der Waals surface area contributed by atoms with Crippen LogP contribution in [0.3, 0.4) is 0 Å². The van der Waals surface area contributed by atoms with Crippen LogP contribution in [0.1, 0.15) is 43.2 Å². The van der Waals surface area contributed by atoms with E-state index in [1.54, 1.807) is 4.90 Å². The van der Waals surface area contributed by atoms with Crippen LogP contribution in [0.15, 0.2) is 30.3 Å². The number of pyridine rings is 1. The predicted octanol–water partition coefficient (Wildman–Crippen LogP) is 2.71. The summed E-state index contributed by atoms with van der Waals surface area (Å²) in [7, 11) is 0. The summed E-state index contributed by atoms with van der Waals surface area (Å²) in [5, 5.41) is 9.70. The molecule has 2 aromatic heterocycles. The Hall–Kier alpha value is -2.58. The van der Waals surface area contributed by atoms with E-state index in [2.05, 4.69) is 33.6 Å². The van der Waals surface area contributed by atoms with E-state index in [0.29, 0.717) is 5.56 Å². The molecular formula is C23H28N5+. The van der Waals surface area contributed by atoms with Crippen molar-refractivity contribution in [2.75, 3.05) is 31.1 Å². The van der Waals surface area contributed by atoms with Crippen LogP contribution in [0.2, 0.25) is 0 Å². The highest BCUT2D eigenvalue weighted by atomic mass is 15.3. The fourth-order valence-corrected chi connectivity index (χ4v) is 5.25. The standard InChI is InChI=1S/C23H27N5/c1-17-15-22(27-13-11-26(12-14-27)18-7-3-2-4-8-18)28-21-10-6-5-9-20(21)25-23(28)19(17)16-24/h5-6,9-10,15,18H,2-4,7-8,11-14H2,1H3/p+1. The summed E-state index contributed by atoms with van der Waals surface area (Å²) in [6.07, 6.45) is 7.05. The van der Waals surface area contributed by atoms with Gasteiger partial charge in [0.15, 0.2) is 5.65 Å². The molecule has 5 nitrogen and oxygen atoms in total. The van der Waals surface area contributed by atoms with Crippen molar-refractivity contribution >= 4 is 22.5 Å². The van der Waals surface area contributed by atoms with Crippen LogP contribution in [-0.2, 0) is 0 Å². The van der Waals surface area contributed by atoms with E-state index in [-0.39, 0.29) is 0 Å². The number of hydrogen-bond acceptors (Lipinski definition) is 3. The third kappa shape index (κ3) is 2.84. The van der Waals surface area contributed by atoms with Crippen molar-refractivity contribution < 1.29 is 4.90 Å². The molecule has 28 heavy (non-hydrogen) atoms. The van der Waals surface area contributed by atoms with E-state index >= 15 is 0 Å². The van der Waals surface area contributed by atoms with Gasteiger partial charge in [0.2, 0.25) is 0 Å². The summed E-state index contributed by atoms with van der Waals surface area (Å²) in [6.45, 7) is 6.58. The van der Waals surface area contributed by atoms with E-state index in [0.717, 1.165) is 41.4 Å². The number of benzene rings is 1. The third-order valence-corrected chi connectivity index (χ3v) is 6.78. The molecular weight excluding hydrogens is 346 g/mol. The molecule has 1 N–H and O–H groups in total. The minimum absolute atomic E-state index is 0.686. The lowest BCUT2D eigenvalue weighted by Gasteiger charge is -2.39. The molecule has 0 amide bonds. The molecule has 0 spiro atoms. The van der Waals surface area contributed by atoms with Gasteiger partial charge in [-0.3, -0.25) is 4.40 Å². The van der Waals surface area contributed by atoms with E-state index in [1.165, 1.54) is 51.0 Å². The molecule has 3 aromatic rings. The zero-order valence-electron chi connectivity index (χ0n) is 16.6. The number of anilines is 1. The maximum atomic E-state index is 9.70. The number of fused-ring (bicyclic) bond motifs is 3. The van der Waals surface area contributed by atoms with Crippen molar-refractivity contribution in [2.24, 2.45) is 0 Å². The first-order valence-corrected chi connectivity index (χ1v) is 10.7. The summed E-state index contributed by atoms with van der Waals surface area (Å²) in [6, 6.07) is 13.6. The Kier molecular flexibility index (Phi) is 4.44. The second kappa shape index (κ2) is 7.10. The lowest BCUT2D eigenvalue weighted by atomic mass is 9.94. The average Bonchev–Trinajstić information content (AvgIpc) is 3.13. The minimum atomic E-state index is 0.686. The predicted molar refractivity (Wildman–Crippen MR) is 112 cm³/mol. The molecule has 5 heteroatoms. The number of imidazole rings is 1. The number of nitriles is 1. The van der Waals surface area contributed by atoms with Gasteiger partial charge in [0.05, 0.1) is 48.8 Å². The van der Waals surface area contributed by atoms with Crippen molar-refractivity contribution in [1.82, 2.24) is 9.38 Å². The van der Waals surface area contributed by atoms with Crippen LogP contribution in [0.4, 0.5) is 5.82 Å². The zero-order chi connectivity index (χ0) is 19.1. The average molecular weight is 375 g/mol. The van der Waals surface area contributed by atoms with Gasteiger partial charge in [0.25, 0.3) is 0 Å². The largest absolute Gasteiger partial charge is 0.346 e. The van der Waals surface area contributed by atoms with Gasteiger partial charge in [-0.1, -0.05) is 18.6 Å². The van der Waals surface area contributed by atoms with Gasteiger partial charge in [-0.15, -0.1) is 0 Å². The number of aromatic nitrogens is 2. The third-order valence-electron chi connectivity index (χ3n) is 6.78. The molecule has 2 fully saturated rings. The first kappa shape index (κ1) is 17.5. The van der Waals surface area contributed by atoms with Crippen LogP contribution in [-0.4, -0.2) is 41.6 Å². The van der Waals surface area contributed by atoms with Gasteiger partial charge in [-0.25, -0.2) is 4.98 Å². The lowest BCUT2D eigenvalue weighted by Crippen LogP contribution is -3.18. The van der Waals surface area contributed by atoms with Crippen molar-refractivity contribution in [1.29, 1.82) is 5.26 Å². The number of para-hydroxylation sites is 2. The molecule has 5 rings (SSSR count). The number of hydrogen-bond donors (Lipinski definition) is 1. The van der Waals surface area contributed by atoms with Crippen LogP contribution in [0.25, 0.3) is 16.7 Å². The molecule has 0 atom stereocenters. The van der Waals surface area contributed by atoms with Gasteiger partial charge >= 0.3 is 0 Å². The van der Waals surface area contributed by atoms with Gasteiger partial charge in [0.1, 0.15) is 11.9 Å². The van der Waals surface area contributed by atoms with Crippen LogP contribution >= 0.6 is 0 Å². The maximum absolute atomic E-state index is 9.70. The highest BCUT2D eigenvalue weighted by Gasteiger charge is 2.30. The highest BCUT2D eigenvalue weighted by molar-refractivity contribution is 5.85. The van der Waals surface area contributed by atoms with Crippen LogP contribution < -0.4 is 9.80 Å². The second-order valence-corrected chi connectivity index (χ2v) is 8.41. The van der Waals surface area contributed by atoms with Crippen LogP contribution in [0.5, 0.6) is 0 Å². The first-order valence-electron chi connectivity index (χ1n) is 10.7. The zero-order valence-corrected chi connectivity index (χ0v) is 16.6. The topological polar surface area (TPSA) is 48.8 Å². The molecule has 0 unspecified atom stereocenters. The number of nitrogens with zero attached hydrogens (tertiary/aromatic N) is 4. The van der Waals surface area contributed by atoms with Crippen LogP contribution in [0, 0.1) is 18.3 Å². The number of piperazine rings is 1. The Morgan fingerprint density at radius 2 is 1.86 bits per heavy atom. The Bertz CT molecular complexity index is 1050. The monoisotopic (exact) mass is 374 g/mol. The smallest absolute Gasteiger partial charge is 0.157 e. The summed E-state index contributed by atoms with van der Waals surface area (Å²) in [5.41, 5.74) is 4.54. The Morgan fingerprint density at radius 1 is 1.11 bits per heavy atom. The fourth-order valence-electron chi connectivity index (χ4n) is 5.25. The normalized spacial score (nSPS) is 19.4. The van der Waals surface area contributed by atoms with Crippen molar-refractivity contribution in [3.8, 4) is 6.07 Å². The van der Waals surface area contributed by atoms with Gasteiger partial charge in [-0.2, -0.15) is 5.26 Å². The molecule has 1 saturated heterocycles. The number of rotatable bonds is 2. The summed E-state index contributed by atoms with van der Waals surface area (Å²) < 4.78 is 2.20. The molecule has 144 valence electrons. The Balaban J connectivity index is 1.52. The van der Waals surface area contributed by atoms with Gasteiger partial charge in [-0.05, 0) is 56.4 Å². The highest BCUT2D eigenvalue weighted by Crippen LogP contribution is 2.28. The summed E-state index contributed by atoms with van der Waals surface area (Å²) in [4.78, 5) is 9.10. The quantitative estimate of drug-likeness (QED) is 0.750. The molecule has 0 bridgehead atoms. The van der Waals surface area contributed by atoms with E-state index in [4.69, 9.17) is 4.98 Å². The van der Waals surface area contributed by atoms with Crippen molar-refractivity contribution in [3.05, 3.63) is 41.5 Å².